The topological polar surface area (TPSA) is 43.8 Å². The number of hydrogen-bond donors (Lipinski definition) is 1. The summed E-state index contributed by atoms with van der Waals surface area (Å²) in [6, 6.07) is 8.15. The number of rotatable bonds is 4. The van der Waals surface area contributed by atoms with E-state index in [0.29, 0.717) is 13.0 Å². The van der Waals surface area contributed by atoms with Gasteiger partial charge in [0.25, 0.3) is 5.91 Å². The summed E-state index contributed by atoms with van der Waals surface area (Å²) in [7, 11) is 0. The predicted molar refractivity (Wildman–Crippen MR) is 79.2 cm³/mol. The van der Waals surface area contributed by atoms with Crippen LogP contribution in [0.25, 0.3) is 0 Å². The van der Waals surface area contributed by atoms with Gasteiger partial charge in [-0.15, -0.1) is 0 Å². The molecule has 1 saturated heterocycles. The van der Waals surface area contributed by atoms with Crippen LogP contribution in [0.1, 0.15) is 18.4 Å². The summed E-state index contributed by atoms with van der Waals surface area (Å²) >= 11 is 2.05. The molecule has 1 atom stereocenters. The fourth-order valence-electron chi connectivity index (χ4n) is 2.10. The molecular formula is C13H17IN2O2. The Labute approximate surface area is 121 Å². The standard InChI is InChI=1S/C13H17IN2O2/c1-10-4-6-12(7-5-10)15-9-11(3-2-8-17)13(18)16(15)14/h4-7,11,17H,2-3,8-9H2,1H3. The number of benzene rings is 1. The maximum absolute atomic E-state index is 12.1. The van der Waals surface area contributed by atoms with Gasteiger partial charge in [-0.2, -0.15) is 3.22 Å². The molecule has 98 valence electrons. The number of carbonyl (C=O) groups is 1. The molecule has 0 spiro atoms. The number of hydrogen-bond acceptors (Lipinski definition) is 3. The minimum Gasteiger partial charge on any atom is -0.396 e. The number of amides is 1. The molecule has 1 aliphatic rings. The van der Waals surface area contributed by atoms with E-state index >= 15 is 0 Å². The third-order valence-electron chi connectivity index (χ3n) is 3.18. The van der Waals surface area contributed by atoms with Crippen molar-refractivity contribution in [3.05, 3.63) is 29.8 Å². The van der Waals surface area contributed by atoms with Crippen molar-refractivity contribution in [2.75, 3.05) is 18.2 Å². The molecule has 1 unspecified atom stereocenters. The first-order valence-corrected chi connectivity index (χ1v) is 7.04. The van der Waals surface area contributed by atoms with E-state index in [-0.39, 0.29) is 18.4 Å². The molecule has 1 aliphatic heterocycles. The van der Waals surface area contributed by atoms with Gasteiger partial charge in [0.05, 0.1) is 41.0 Å². The van der Waals surface area contributed by atoms with Crippen molar-refractivity contribution in [2.24, 2.45) is 5.92 Å². The summed E-state index contributed by atoms with van der Waals surface area (Å²) < 4.78 is 1.66. The lowest BCUT2D eigenvalue weighted by atomic mass is 10.0. The number of aliphatic hydroxyl groups excluding tert-OH is 1. The van der Waals surface area contributed by atoms with Crippen LogP contribution in [0.5, 0.6) is 0 Å². The average Bonchev–Trinajstić information content (AvgIpc) is 2.65. The molecule has 1 amide bonds. The van der Waals surface area contributed by atoms with Crippen LogP contribution in [-0.4, -0.2) is 27.4 Å². The van der Waals surface area contributed by atoms with E-state index in [2.05, 4.69) is 0 Å². The molecule has 18 heavy (non-hydrogen) atoms. The van der Waals surface area contributed by atoms with Gasteiger partial charge in [-0.05, 0) is 31.9 Å². The Morgan fingerprint density at radius 2 is 2.06 bits per heavy atom. The van der Waals surface area contributed by atoms with E-state index < -0.39 is 0 Å². The number of aryl methyl sites for hydroxylation is 1. The minimum atomic E-state index is -0.00430. The number of halogens is 1. The second-order valence-electron chi connectivity index (χ2n) is 4.58. The summed E-state index contributed by atoms with van der Waals surface area (Å²) in [5.74, 6) is 0.125. The molecule has 0 bridgehead atoms. The number of nitrogens with zero attached hydrogens (tertiary/aromatic N) is 2. The molecule has 2 rings (SSSR count). The average molecular weight is 360 g/mol. The Bertz CT molecular complexity index is 422. The monoisotopic (exact) mass is 360 g/mol. The maximum Gasteiger partial charge on any atom is 0.255 e. The SMILES string of the molecule is Cc1ccc(N2CC(CCCO)C(=O)N2I)cc1. The van der Waals surface area contributed by atoms with Crippen molar-refractivity contribution in [1.29, 1.82) is 0 Å². The lowest BCUT2D eigenvalue weighted by molar-refractivity contribution is -0.126. The quantitative estimate of drug-likeness (QED) is 0.662. The zero-order valence-electron chi connectivity index (χ0n) is 10.3. The van der Waals surface area contributed by atoms with Crippen molar-refractivity contribution >= 4 is 34.5 Å². The lowest BCUT2D eigenvalue weighted by Crippen LogP contribution is -2.30. The molecule has 1 aromatic carbocycles. The lowest BCUT2D eigenvalue weighted by Gasteiger charge is -2.23. The van der Waals surface area contributed by atoms with Crippen LogP contribution in [-0.2, 0) is 4.79 Å². The normalized spacial score (nSPS) is 19.7. The van der Waals surface area contributed by atoms with Crippen LogP contribution < -0.4 is 5.01 Å². The molecule has 0 aliphatic carbocycles. The fraction of sp³-hybridized carbons (Fsp3) is 0.462. The Morgan fingerprint density at radius 3 is 2.67 bits per heavy atom. The summed E-state index contributed by atoms with van der Waals surface area (Å²) in [4.78, 5) is 12.1. The van der Waals surface area contributed by atoms with E-state index in [1.807, 2.05) is 59.1 Å². The van der Waals surface area contributed by atoms with Gasteiger partial charge in [-0.3, -0.25) is 9.80 Å². The summed E-state index contributed by atoms with van der Waals surface area (Å²) in [6.07, 6.45) is 1.43. The first-order chi connectivity index (χ1) is 8.63. The van der Waals surface area contributed by atoms with Gasteiger partial charge >= 0.3 is 0 Å². The second kappa shape index (κ2) is 5.88. The highest BCUT2D eigenvalue weighted by Gasteiger charge is 2.36. The van der Waals surface area contributed by atoms with Crippen molar-refractivity contribution in [3.63, 3.8) is 0 Å². The highest BCUT2D eigenvalue weighted by molar-refractivity contribution is 14.1. The Morgan fingerprint density at radius 1 is 1.39 bits per heavy atom. The van der Waals surface area contributed by atoms with E-state index in [0.717, 1.165) is 12.1 Å². The van der Waals surface area contributed by atoms with Gasteiger partial charge in [-0.1, -0.05) is 17.7 Å². The molecule has 4 nitrogen and oxygen atoms in total. The van der Waals surface area contributed by atoms with Crippen LogP contribution in [0.2, 0.25) is 0 Å². The van der Waals surface area contributed by atoms with E-state index in [1.54, 1.807) is 3.22 Å². The van der Waals surface area contributed by atoms with E-state index in [1.165, 1.54) is 5.56 Å². The Kier molecular flexibility index (Phi) is 4.45. The molecule has 1 fully saturated rings. The van der Waals surface area contributed by atoms with Crippen LogP contribution >= 0.6 is 22.9 Å². The largest absolute Gasteiger partial charge is 0.396 e. The Balaban J connectivity index is 2.10. The van der Waals surface area contributed by atoms with Gasteiger partial charge in [-0.25, -0.2) is 0 Å². The van der Waals surface area contributed by atoms with Gasteiger partial charge in [0, 0.05) is 6.61 Å². The molecule has 0 saturated carbocycles. The minimum absolute atomic E-state index is 0.00430. The Hall–Kier alpha value is -0.820. The highest BCUT2D eigenvalue weighted by Crippen LogP contribution is 2.30. The summed E-state index contributed by atoms with van der Waals surface area (Å²) in [6.45, 7) is 2.89. The molecular weight excluding hydrogens is 343 g/mol. The van der Waals surface area contributed by atoms with Crippen LogP contribution in [0, 0.1) is 12.8 Å². The third kappa shape index (κ3) is 2.77. The van der Waals surface area contributed by atoms with Crippen molar-refractivity contribution < 1.29 is 9.90 Å². The van der Waals surface area contributed by atoms with Crippen molar-refractivity contribution in [2.45, 2.75) is 19.8 Å². The third-order valence-corrected chi connectivity index (χ3v) is 4.18. The number of aliphatic hydroxyl groups is 1. The van der Waals surface area contributed by atoms with Crippen molar-refractivity contribution in [1.82, 2.24) is 3.22 Å². The number of hydrazine groups is 1. The maximum atomic E-state index is 12.1. The smallest absolute Gasteiger partial charge is 0.255 e. The molecule has 0 aromatic heterocycles. The van der Waals surface area contributed by atoms with E-state index in [9.17, 15) is 4.79 Å². The zero-order chi connectivity index (χ0) is 13.1. The van der Waals surface area contributed by atoms with Gasteiger partial charge < -0.3 is 5.11 Å². The molecule has 1 heterocycles. The van der Waals surface area contributed by atoms with Crippen LogP contribution in [0.15, 0.2) is 24.3 Å². The van der Waals surface area contributed by atoms with Gasteiger partial charge in [0.2, 0.25) is 0 Å². The fourth-order valence-corrected chi connectivity index (χ4v) is 2.92. The van der Waals surface area contributed by atoms with Gasteiger partial charge in [0.1, 0.15) is 0 Å². The van der Waals surface area contributed by atoms with Crippen molar-refractivity contribution in [3.8, 4) is 0 Å². The van der Waals surface area contributed by atoms with E-state index in [4.69, 9.17) is 5.11 Å². The highest BCUT2D eigenvalue weighted by atomic mass is 127. The summed E-state index contributed by atoms with van der Waals surface area (Å²) in [5.41, 5.74) is 2.25. The first-order valence-electron chi connectivity index (χ1n) is 6.08. The first kappa shape index (κ1) is 13.6. The van der Waals surface area contributed by atoms with Crippen LogP contribution in [0.3, 0.4) is 0 Å². The van der Waals surface area contributed by atoms with Crippen LogP contribution in [0.4, 0.5) is 5.69 Å². The second-order valence-corrected chi connectivity index (χ2v) is 5.49. The zero-order valence-corrected chi connectivity index (χ0v) is 12.5. The molecule has 5 heteroatoms. The molecule has 1 N–H and O–H groups in total. The number of anilines is 1. The predicted octanol–water partition coefficient (Wildman–Crippen LogP) is 2.30. The number of carbonyl (C=O) groups excluding carboxylic acids is 1. The molecule has 0 radical (unpaired) electrons. The molecule has 1 aromatic rings. The van der Waals surface area contributed by atoms with Gasteiger partial charge in [0.15, 0.2) is 0 Å². The summed E-state index contributed by atoms with van der Waals surface area (Å²) in [5, 5.41) is 10.8.